The second kappa shape index (κ2) is 6.05. The van der Waals surface area contributed by atoms with Crippen molar-refractivity contribution in [1.29, 1.82) is 0 Å². The number of nitrogens with zero attached hydrogens (tertiary/aromatic N) is 2. The van der Waals surface area contributed by atoms with Crippen LogP contribution in [0.5, 0.6) is 0 Å². The highest BCUT2D eigenvalue weighted by Crippen LogP contribution is 2.44. The lowest BCUT2D eigenvalue weighted by Crippen LogP contribution is -2.59. The second-order valence-electron chi connectivity index (χ2n) is 6.99. The zero-order valence-corrected chi connectivity index (χ0v) is 14.5. The Morgan fingerprint density at radius 1 is 1.41 bits per heavy atom. The maximum Gasteiger partial charge on any atom is 0.320 e. The van der Waals surface area contributed by atoms with Gasteiger partial charge in [-0.15, -0.1) is 0 Å². The summed E-state index contributed by atoms with van der Waals surface area (Å²) in [6.45, 7) is 0.840. The molecule has 0 bridgehead atoms. The number of hydrogen-bond donors (Lipinski definition) is 2. The monoisotopic (exact) mass is 374 g/mol. The Morgan fingerprint density at radius 3 is 2.81 bits per heavy atom. The third kappa shape index (κ3) is 3.14. The lowest BCUT2D eigenvalue weighted by atomic mass is 9.81. The number of nitrogens with one attached hydrogen (secondary N) is 2. The highest BCUT2D eigenvalue weighted by molar-refractivity contribution is 5.95. The summed E-state index contributed by atoms with van der Waals surface area (Å²) in [5.41, 5.74) is -1.98. The van der Waals surface area contributed by atoms with E-state index in [2.05, 4.69) is 27.5 Å². The molecule has 1 aromatic heterocycles. The van der Waals surface area contributed by atoms with Crippen LogP contribution in [0.2, 0.25) is 0 Å². The lowest BCUT2D eigenvalue weighted by Gasteiger charge is -2.40. The predicted molar refractivity (Wildman–Crippen MR) is 92.7 cm³/mol. The third-order valence-electron chi connectivity index (χ3n) is 4.75. The number of rotatable bonds is 3. The number of anilines is 1. The molecule has 5 nitrogen and oxygen atoms in total. The molecule has 1 fully saturated rings. The summed E-state index contributed by atoms with van der Waals surface area (Å²) >= 11 is 0. The van der Waals surface area contributed by atoms with Crippen molar-refractivity contribution >= 4 is 11.7 Å². The van der Waals surface area contributed by atoms with Crippen molar-refractivity contribution in [3.8, 4) is 11.8 Å². The number of hydrogen-bond acceptors (Lipinski definition) is 2. The molecule has 0 unspecified atom stereocenters. The number of benzene rings is 1. The standard InChI is InChI=1S/C19H17F3N4O/c1-18(21,22)19(5-4-12-2-3-12)14-9-15(20)13(10-26-7-6-23-11-26)8-16(14)24-17(27)25-19/h6-9,11-12H,2-3,10H2,1H3,(H2,24,25,27)/t19-/m0/s1. The third-order valence-corrected chi connectivity index (χ3v) is 4.75. The van der Waals surface area contributed by atoms with Crippen LogP contribution >= 0.6 is 0 Å². The van der Waals surface area contributed by atoms with Crippen molar-refractivity contribution in [1.82, 2.24) is 14.9 Å². The molecule has 0 radical (unpaired) electrons. The van der Waals surface area contributed by atoms with Gasteiger partial charge in [-0.2, -0.15) is 0 Å². The van der Waals surface area contributed by atoms with E-state index in [4.69, 9.17) is 0 Å². The van der Waals surface area contributed by atoms with Crippen molar-refractivity contribution in [3.63, 3.8) is 0 Å². The Kier molecular flexibility index (Phi) is 3.91. The molecule has 1 aromatic carbocycles. The Balaban J connectivity index is 1.84. The topological polar surface area (TPSA) is 59.0 Å². The maximum absolute atomic E-state index is 14.7. The van der Waals surface area contributed by atoms with E-state index in [9.17, 15) is 18.0 Å². The first-order valence-corrected chi connectivity index (χ1v) is 8.57. The van der Waals surface area contributed by atoms with E-state index in [1.165, 1.54) is 12.4 Å². The number of carbonyl (C=O) groups is 1. The van der Waals surface area contributed by atoms with E-state index < -0.39 is 23.3 Å². The van der Waals surface area contributed by atoms with Gasteiger partial charge in [-0.1, -0.05) is 11.8 Å². The van der Waals surface area contributed by atoms with Gasteiger partial charge in [0.2, 0.25) is 0 Å². The van der Waals surface area contributed by atoms with Gasteiger partial charge in [-0.25, -0.2) is 22.9 Å². The van der Waals surface area contributed by atoms with Crippen molar-refractivity contribution in [2.24, 2.45) is 5.92 Å². The molecule has 0 saturated heterocycles. The van der Waals surface area contributed by atoms with Gasteiger partial charge in [0.05, 0.1) is 12.9 Å². The van der Waals surface area contributed by atoms with Crippen LogP contribution in [0.3, 0.4) is 0 Å². The second-order valence-corrected chi connectivity index (χ2v) is 6.99. The Morgan fingerprint density at radius 2 is 2.19 bits per heavy atom. The number of carbonyl (C=O) groups excluding carboxylic acids is 1. The molecule has 8 heteroatoms. The molecule has 1 aliphatic carbocycles. The first-order chi connectivity index (χ1) is 12.8. The smallest absolute Gasteiger partial charge is 0.320 e. The van der Waals surface area contributed by atoms with E-state index in [1.807, 2.05) is 0 Å². The largest absolute Gasteiger partial charge is 0.333 e. The fourth-order valence-corrected chi connectivity index (χ4v) is 3.11. The number of amides is 2. The first-order valence-electron chi connectivity index (χ1n) is 8.57. The number of aromatic nitrogens is 2. The van der Waals surface area contributed by atoms with Gasteiger partial charge in [0, 0.05) is 42.0 Å². The Bertz CT molecular complexity index is 952. The zero-order chi connectivity index (χ0) is 19.2. The van der Waals surface area contributed by atoms with Crippen molar-refractivity contribution in [3.05, 3.63) is 47.8 Å². The zero-order valence-electron chi connectivity index (χ0n) is 14.5. The molecule has 1 saturated carbocycles. The van der Waals surface area contributed by atoms with E-state index in [1.54, 1.807) is 17.0 Å². The molecule has 4 rings (SSSR count). The van der Waals surface area contributed by atoms with Crippen LogP contribution in [0, 0.1) is 23.6 Å². The van der Waals surface area contributed by atoms with Crippen LogP contribution in [0.15, 0.2) is 30.9 Å². The van der Waals surface area contributed by atoms with E-state index in [0.29, 0.717) is 6.92 Å². The molecule has 27 heavy (non-hydrogen) atoms. The maximum atomic E-state index is 14.7. The minimum absolute atomic E-state index is 0.0461. The molecule has 1 atom stereocenters. The quantitative estimate of drug-likeness (QED) is 0.809. The summed E-state index contributed by atoms with van der Waals surface area (Å²) in [7, 11) is 0. The van der Waals surface area contributed by atoms with Crippen LogP contribution < -0.4 is 10.6 Å². The molecule has 140 valence electrons. The Labute approximate surface area is 154 Å². The van der Waals surface area contributed by atoms with Crippen molar-refractivity contribution in [2.45, 2.75) is 37.8 Å². The van der Waals surface area contributed by atoms with Crippen LogP contribution in [0.1, 0.15) is 30.9 Å². The van der Waals surface area contributed by atoms with E-state index in [-0.39, 0.29) is 29.3 Å². The lowest BCUT2D eigenvalue weighted by molar-refractivity contribution is -0.0465. The molecule has 2 aliphatic rings. The van der Waals surface area contributed by atoms with Gasteiger partial charge in [-0.05, 0) is 25.0 Å². The van der Waals surface area contributed by atoms with Gasteiger partial charge in [-0.3, -0.25) is 0 Å². The van der Waals surface area contributed by atoms with Crippen LogP contribution in [0.4, 0.5) is 23.7 Å². The normalized spacial score (nSPS) is 21.6. The number of imidazole rings is 1. The highest BCUT2D eigenvalue weighted by Gasteiger charge is 2.55. The van der Waals surface area contributed by atoms with Gasteiger partial charge < -0.3 is 15.2 Å². The van der Waals surface area contributed by atoms with Crippen LogP contribution in [0.25, 0.3) is 0 Å². The molecule has 2 heterocycles. The number of urea groups is 1. The van der Waals surface area contributed by atoms with Gasteiger partial charge in [0.1, 0.15) is 5.82 Å². The fraction of sp³-hybridized carbons (Fsp3) is 0.368. The van der Waals surface area contributed by atoms with E-state index >= 15 is 0 Å². The fourth-order valence-electron chi connectivity index (χ4n) is 3.11. The Hall–Kier alpha value is -2.95. The van der Waals surface area contributed by atoms with Gasteiger partial charge >= 0.3 is 6.03 Å². The number of fused-ring (bicyclic) bond motifs is 1. The molecule has 2 N–H and O–H groups in total. The molecule has 2 aromatic rings. The summed E-state index contributed by atoms with van der Waals surface area (Å²) in [6.07, 6.45) is 6.42. The van der Waals surface area contributed by atoms with Gasteiger partial charge in [0.15, 0.2) is 5.54 Å². The summed E-state index contributed by atoms with van der Waals surface area (Å²) in [6, 6.07) is 1.62. The molecule has 2 amide bonds. The van der Waals surface area contributed by atoms with Crippen molar-refractivity contribution < 1.29 is 18.0 Å². The summed E-state index contributed by atoms with van der Waals surface area (Å²) in [5.74, 6) is 1.34. The van der Waals surface area contributed by atoms with Crippen molar-refractivity contribution in [2.75, 3.05) is 5.32 Å². The number of alkyl halides is 2. The van der Waals surface area contributed by atoms with E-state index in [0.717, 1.165) is 18.9 Å². The van der Waals surface area contributed by atoms with Crippen LogP contribution in [-0.2, 0) is 12.1 Å². The summed E-state index contributed by atoms with van der Waals surface area (Å²) < 4.78 is 45.7. The average Bonchev–Trinajstić information content (AvgIpc) is 3.28. The minimum atomic E-state index is -3.42. The average molecular weight is 374 g/mol. The SMILES string of the molecule is CC(F)(F)[C@@]1(C#CC2CC2)NC(=O)Nc2cc(Cn3ccnc3)c(F)cc21. The summed E-state index contributed by atoms with van der Waals surface area (Å²) in [5, 5.41) is 4.74. The highest BCUT2D eigenvalue weighted by atomic mass is 19.3. The minimum Gasteiger partial charge on any atom is -0.333 e. The van der Waals surface area contributed by atoms with Crippen LogP contribution in [-0.4, -0.2) is 21.5 Å². The predicted octanol–water partition coefficient (Wildman–Crippen LogP) is 3.47. The summed E-state index contributed by atoms with van der Waals surface area (Å²) in [4.78, 5) is 16.0. The van der Waals surface area contributed by atoms with Gasteiger partial charge in [0.25, 0.3) is 5.92 Å². The molecular formula is C19H17F3N4O. The molecule has 1 aliphatic heterocycles. The molecular weight excluding hydrogens is 357 g/mol. The number of halogens is 3. The first kappa shape index (κ1) is 17.5. The molecule has 0 spiro atoms.